The Morgan fingerprint density at radius 1 is 1.08 bits per heavy atom. The molecule has 3 amide bonds. The molecule has 1 aromatic carbocycles. The third-order valence-electron chi connectivity index (χ3n) is 3.13. The first-order valence-corrected chi connectivity index (χ1v) is 7.84. The average Bonchev–Trinajstić information content (AvgIpc) is 3.10. The molecule has 0 aliphatic heterocycles. The number of thiazole rings is 1. The minimum atomic E-state index is -0.827. The van der Waals surface area contributed by atoms with Gasteiger partial charge >= 0.3 is 6.03 Å². The van der Waals surface area contributed by atoms with E-state index in [-0.39, 0.29) is 5.13 Å². The number of pyridine rings is 1. The molecule has 0 unspecified atom stereocenters. The van der Waals surface area contributed by atoms with Gasteiger partial charge < -0.3 is 5.73 Å². The summed E-state index contributed by atoms with van der Waals surface area (Å²) in [6.45, 7) is 0. The second-order valence-electron chi connectivity index (χ2n) is 4.73. The molecular weight excluding hydrogens is 326 g/mol. The summed E-state index contributed by atoms with van der Waals surface area (Å²) in [5.74, 6) is -0.479. The fourth-order valence-electron chi connectivity index (χ4n) is 1.98. The van der Waals surface area contributed by atoms with E-state index in [9.17, 15) is 9.59 Å². The normalized spacial score (nSPS) is 10.2. The SMILES string of the molecule is NC(=O)N(NC(=O)c1ccncc1)c1nc(-c2ccccc2)cs1. The van der Waals surface area contributed by atoms with Crippen molar-refractivity contribution in [2.75, 3.05) is 5.01 Å². The molecule has 0 aliphatic rings. The molecule has 0 atom stereocenters. The first-order valence-electron chi connectivity index (χ1n) is 6.96. The number of hydrogen-bond acceptors (Lipinski definition) is 5. The van der Waals surface area contributed by atoms with Crippen LogP contribution in [-0.2, 0) is 0 Å². The van der Waals surface area contributed by atoms with Crippen molar-refractivity contribution in [3.05, 3.63) is 65.8 Å². The predicted octanol–water partition coefficient (Wildman–Crippen LogP) is 2.44. The van der Waals surface area contributed by atoms with Crippen LogP contribution in [0.3, 0.4) is 0 Å². The zero-order valence-electron chi connectivity index (χ0n) is 12.4. The number of nitrogens with one attached hydrogen (secondary N) is 1. The van der Waals surface area contributed by atoms with E-state index in [2.05, 4.69) is 15.4 Å². The average molecular weight is 339 g/mol. The van der Waals surface area contributed by atoms with E-state index in [0.29, 0.717) is 11.3 Å². The van der Waals surface area contributed by atoms with E-state index in [1.165, 1.54) is 35.9 Å². The number of primary amides is 1. The standard InChI is InChI=1S/C16H13N5O2S/c17-15(23)21(20-14(22)12-6-8-18-9-7-12)16-19-13(10-24-16)11-4-2-1-3-5-11/h1-10H,(H2,17,23)(H,20,22). The number of anilines is 1. The molecule has 0 fully saturated rings. The van der Waals surface area contributed by atoms with Crippen LogP contribution in [0.1, 0.15) is 10.4 Å². The van der Waals surface area contributed by atoms with Crippen LogP contribution in [0.15, 0.2) is 60.2 Å². The van der Waals surface area contributed by atoms with Crippen LogP contribution < -0.4 is 16.2 Å². The summed E-state index contributed by atoms with van der Waals surface area (Å²) in [5, 5.41) is 3.00. The van der Waals surface area contributed by atoms with Gasteiger partial charge in [0.05, 0.1) is 5.69 Å². The van der Waals surface area contributed by atoms with Gasteiger partial charge in [0.15, 0.2) is 0 Å². The van der Waals surface area contributed by atoms with E-state index in [4.69, 9.17) is 5.73 Å². The first kappa shape index (κ1) is 15.6. The summed E-state index contributed by atoms with van der Waals surface area (Å²) in [5.41, 5.74) is 9.78. The highest BCUT2D eigenvalue weighted by Gasteiger charge is 2.20. The highest BCUT2D eigenvalue weighted by molar-refractivity contribution is 7.14. The Kier molecular flexibility index (Phi) is 4.48. The molecule has 0 aliphatic carbocycles. The number of aromatic nitrogens is 2. The maximum absolute atomic E-state index is 12.2. The summed E-state index contributed by atoms with van der Waals surface area (Å²) in [4.78, 5) is 32.1. The van der Waals surface area contributed by atoms with Gasteiger partial charge in [-0.2, -0.15) is 5.01 Å². The molecule has 3 rings (SSSR count). The lowest BCUT2D eigenvalue weighted by Crippen LogP contribution is -2.49. The van der Waals surface area contributed by atoms with Crippen LogP contribution in [0.2, 0.25) is 0 Å². The minimum absolute atomic E-state index is 0.281. The Balaban J connectivity index is 1.83. The van der Waals surface area contributed by atoms with Crippen molar-refractivity contribution in [3.63, 3.8) is 0 Å². The maximum Gasteiger partial charge on any atom is 0.340 e. The monoisotopic (exact) mass is 339 g/mol. The Labute approximate surface area is 141 Å². The molecule has 0 bridgehead atoms. The van der Waals surface area contributed by atoms with Crippen molar-refractivity contribution in [2.45, 2.75) is 0 Å². The van der Waals surface area contributed by atoms with Crippen molar-refractivity contribution in [1.29, 1.82) is 0 Å². The Morgan fingerprint density at radius 2 is 1.79 bits per heavy atom. The van der Waals surface area contributed by atoms with Gasteiger partial charge in [0.25, 0.3) is 5.91 Å². The molecule has 0 saturated carbocycles. The molecule has 24 heavy (non-hydrogen) atoms. The lowest BCUT2D eigenvalue weighted by molar-refractivity contribution is 0.0950. The third-order valence-corrected chi connectivity index (χ3v) is 3.95. The van der Waals surface area contributed by atoms with E-state index in [0.717, 1.165) is 10.6 Å². The number of rotatable bonds is 3. The number of urea groups is 1. The van der Waals surface area contributed by atoms with Crippen LogP contribution in [0.5, 0.6) is 0 Å². The number of carbonyl (C=O) groups is 2. The largest absolute Gasteiger partial charge is 0.350 e. The zero-order valence-corrected chi connectivity index (χ0v) is 13.2. The fraction of sp³-hybridized carbons (Fsp3) is 0. The van der Waals surface area contributed by atoms with E-state index in [1.54, 1.807) is 5.38 Å². The van der Waals surface area contributed by atoms with Crippen LogP contribution in [-0.4, -0.2) is 21.9 Å². The molecule has 8 heteroatoms. The third kappa shape index (κ3) is 3.39. The second kappa shape index (κ2) is 6.88. The van der Waals surface area contributed by atoms with Crippen molar-refractivity contribution in [3.8, 4) is 11.3 Å². The van der Waals surface area contributed by atoms with Crippen molar-refractivity contribution in [1.82, 2.24) is 15.4 Å². The van der Waals surface area contributed by atoms with Crippen LogP contribution in [0, 0.1) is 0 Å². The highest BCUT2D eigenvalue weighted by atomic mass is 32.1. The Hall–Kier alpha value is -3.26. The number of benzene rings is 1. The fourth-order valence-corrected chi connectivity index (χ4v) is 2.77. The number of nitrogens with two attached hydrogens (primary N) is 1. The highest BCUT2D eigenvalue weighted by Crippen LogP contribution is 2.26. The quantitative estimate of drug-likeness (QED) is 0.716. The van der Waals surface area contributed by atoms with E-state index < -0.39 is 11.9 Å². The smallest absolute Gasteiger partial charge is 0.340 e. The summed E-state index contributed by atoms with van der Waals surface area (Å²) in [6, 6.07) is 11.7. The maximum atomic E-state index is 12.2. The first-order chi connectivity index (χ1) is 11.6. The lowest BCUT2D eigenvalue weighted by atomic mass is 10.2. The van der Waals surface area contributed by atoms with Gasteiger partial charge in [0.1, 0.15) is 0 Å². The topological polar surface area (TPSA) is 101 Å². The molecule has 0 saturated heterocycles. The lowest BCUT2D eigenvalue weighted by Gasteiger charge is -2.17. The summed E-state index contributed by atoms with van der Waals surface area (Å²) >= 11 is 1.20. The summed E-state index contributed by atoms with van der Waals surface area (Å²) in [6.07, 6.45) is 2.97. The van der Waals surface area contributed by atoms with Gasteiger partial charge in [0.2, 0.25) is 5.13 Å². The molecule has 3 N–H and O–H groups in total. The Morgan fingerprint density at radius 3 is 2.46 bits per heavy atom. The number of hydrogen-bond donors (Lipinski definition) is 2. The van der Waals surface area contributed by atoms with Gasteiger partial charge in [-0.1, -0.05) is 30.3 Å². The minimum Gasteiger partial charge on any atom is -0.350 e. The van der Waals surface area contributed by atoms with Crippen molar-refractivity contribution in [2.24, 2.45) is 5.73 Å². The number of amides is 3. The van der Waals surface area contributed by atoms with Gasteiger partial charge in [0, 0.05) is 28.9 Å². The number of carbonyl (C=O) groups excluding carboxylic acids is 2. The molecule has 3 aromatic rings. The van der Waals surface area contributed by atoms with Gasteiger partial charge in [-0.3, -0.25) is 15.2 Å². The van der Waals surface area contributed by atoms with Crippen LogP contribution in [0.4, 0.5) is 9.93 Å². The molecule has 120 valence electrons. The molecule has 0 spiro atoms. The van der Waals surface area contributed by atoms with Crippen molar-refractivity contribution >= 4 is 28.4 Å². The predicted molar refractivity (Wildman–Crippen MR) is 91.3 cm³/mol. The zero-order chi connectivity index (χ0) is 16.9. The Bertz CT molecular complexity index is 851. The summed E-state index contributed by atoms with van der Waals surface area (Å²) in [7, 11) is 0. The van der Waals surface area contributed by atoms with Gasteiger partial charge in [-0.05, 0) is 12.1 Å². The summed E-state index contributed by atoms with van der Waals surface area (Å²) < 4.78 is 0. The number of hydrazine groups is 1. The molecule has 7 nitrogen and oxygen atoms in total. The van der Waals surface area contributed by atoms with Crippen molar-refractivity contribution < 1.29 is 9.59 Å². The van der Waals surface area contributed by atoms with Crippen LogP contribution >= 0.6 is 11.3 Å². The van der Waals surface area contributed by atoms with Crippen LogP contribution in [0.25, 0.3) is 11.3 Å². The molecule has 2 aromatic heterocycles. The van der Waals surface area contributed by atoms with Gasteiger partial charge in [-0.25, -0.2) is 9.78 Å². The molecule has 0 radical (unpaired) electrons. The van der Waals surface area contributed by atoms with E-state index >= 15 is 0 Å². The van der Waals surface area contributed by atoms with E-state index in [1.807, 2.05) is 30.3 Å². The molecular formula is C16H13N5O2S. The second-order valence-corrected chi connectivity index (χ2v) is 5.57. The van der Waals surface area contributed by atoms with Gasteiger partial charge in [-0.15, -0.1) is 11.3 Å². The molecule has 2 heterocycles. The number of nitrogens with zero attached hydrogens (tertiary/aromatic N) is 3.